The molecule has 4 aromatic rings. The first-order valence-electron chi connectivity index (χ1n) is 9.59. The maximum atomic E-state index is 12.7. The summed E-state index contributed by atoms with van der Waals surface area (Å²) in [6, 6.07) is 12.1. The molecule has 4 rings (SSSR count). The van der Waals surface area contributed by atoms with Crippen LogP contribution >= 0.6 is 0 Å². The van der Waals surface area contributed by atoms with Crippen molar-refractivity contribution in [2.45, 2.75) is 13.8 Å². The Labute approximate surface area is 176 Å². The lowest BCUT2D eigenvalue weighted by atomic mass is 10.2. The highest BCUT2D eigenvalue weighted by Gasteiger charge is 2.17. The predicted octanol–water partition coefficient (Wildman–Crippen LogP) is 2.62. The minimum atomic E-state index is -0.572. The molecule has 9 nitrogen and oxygen atoms in total. The summed E-state index contributed by atoms with van der Waals surface area (Å²) >= 11 is 0. The molecule has 0 spiro atoms. The highest BCUT2D eigenvalue weighted by molar-refractivity contribution is 6.04. The second kappa shape index (κ2) is 8.23. The number of aromatic nitrogens is 4. The van der Waals surface area contributed by atoms with E-state index in [-0.39, 0.29) is 12.2 Å². The third kappa shape index (κ3) is 3.80. The fraction of sp³-hybridized carbons (Fsp3) is 0.136. The molecule has 0 unspecified atom stereocenters. The first kappa shape index (κ1) is 20.0. The van der Waals surface area contributed by atoms with Crippen molar-refractivity contribution < 1.29 is 14.3 Å². The SMILES string of the molecule is CCOC(=O)c1cnn(-c2cccc(NC(=O)c3cnc4ccccn4c3=O)c2)c1C. The van der Waals surface area contributed by atoms with Crippen molar-refractivity contribution in [3.8, 4) is 5.69 Å². The Morgan fingerprint density at radius 3 is 2.74 bits per heavy atom. The molecule has 0 fully saturated rings. The number of nitrogens with zero attached hydrogens (tertiary/aromatic N) is 4. The summed E-state index contributed by atoms with van der Waals surface area (Å²) in [7, 11) is 0. The number of anilines is 1. The molecule has 0 saturated carbocycles. The normalized spacial score (nSPS) is 10.8. The van der Waals surface area contributed by atoms with Crippen LogP contribution in [0.25, 0.3) is 11.3 Å². The van der Waals surface area contributed by atoms with Crippen LogP contribution in [0.4, 0.5) is 5.69 Å². The quantitative estimate of drug-likeness (QED) is 0.500. The van der Waals surface area contributed by atoms with Crippen molar-refractivity contribution in [2.24, 2.45) is 0 Å². The summed E-state index contributed by atoms with van der Waals surface area (Å²) in [5, 5.41) is 6.97. The molecule has 0 atom stereocenters. The van der Waals surface area contributed by atoms with Crippen LogP contribution in [0, 0.1) is 6.92 Å². The number of carbonyl (C=O) groups excluding carboxylic acids is 2. The van der Waals surface area contributed by atoms with Crippen LogP contribution in [-0.2, 0) is 4.74 Å². The number of hydrogen-bond donors (Lipinski definition) is 1. The highest BCUT2D eigenvalue weighted by Crippen LogP contribution is 2.19. The smallest absolute Gasteiger partial charge is 0.341 e. The van der Waals surface area contributed by atoms with Crippen molar-refractivity contribution in [3.63, 3.8) is 0 Å². The molecular formula is C22H19N5O4. The van der Waals surface area contributed by atoms with E-state index in [2.05, 4.69) is 15.4 Å². The Morgan fingerprint density at radius 1 is 1.10 bits per heavy atom. The van der Waals surface area contributed by atoms with Gasteiger partial charge in [0.25, 0.3) is 11.5 Å². The van der Waals surface area contributed by atoms with Crippen molar-refractivity contribution in [1.82, 2.24) is 19.2 Å². The lowest BCUT2D eigenvalue weighted by Crippen LogP contribution is -2.26. The van der Waals surface area contributed by atoms with Crippen molar-refractivity contribution >= 4 is 23.2 Å². The molecule has 1 N–H and O–H groups in total. The van der Waals surface area contributed by atoms with E-state index in [0.717, 1.165) is 0 Å². The number of esters is 1. The van der Waals surface area contributed by atoms with Gasteiger partial charge in [-0.3, -0.25) is 14.0 Å². The summed E-state index contributed by atoms with van der Waals surface area (Å²) < 4.78 is 7.93. The summed E-state index contributed by atoms with van der Waals surface area (Å²) in [4.78, 5) is 41.5. The molecule has 31 heavy (non-hydrogen) atoms. The maximum Gasteiger partial charge on any atom is 0.341 e. The number of rotatable bonds is 5. The van der Waals surface area contributed by atoms with Gasteiger partial charge >= 0.3 is 5.97 Å². The van der Waals surface area contributed by atoms with E-state index in [9.17, 15) is 14.4 Å². The molecule has 0 aliphatic rings. The molecule has 0 saturated heterocycles. The predicted molar refractivity (Wildman–Crippen MR) is 114 cm³/mol. The number of pyridine rings is 1. The number of benzene rings is 1. The molecule has 3 heterocycles. The van der Waals surface area contributed by atoms with Gasteiger partial charge in [0.1, 0.15) is 16.8 Å². The highest BCUT2D eigenvalue weighted by atomic mass is 16.5. The van der Waals surface area contributed by atoms with E-state index in [1.165, 1.54) is 16.8 Å². The molecule has 156 valence electrons. The molecule has 0 bridgehead atoms. The maximum absolute atomic E-state index is 12.7. The van der Waals surface area contributed by atoms with Gasteiger partial charge in [0.15, 0.2) is 0 Å². The first-order chi connectivity index (χ1) is 15.0. The largest absolute Gasteiger partial charge is 0.462 e. The van der Waals surface area contributed by atoms with Crippen LogP contribution in [0.3, 0.4) is 0 Å². The van der Waals surface area contributed by atoms with Gasteiger partial charge in [0.05, 0.1) is 24.2 Å². The number of nitrogens with one attached hydrogen (secondary N) is 1. The summed E-state index contributed by atoms with van der Waals surface area (Å²) in [6.07, 6.45) is 4.27. The Bertz CT molecular complexity index is 1360. The topological polar surface area (TPSA) is 108 Å². The fourth-order valence-corrected chi connectivity index (χ4v) is 3.18. The zero-order valence-corrected chi connectivity index (χ0v) is 16.9. The van der Waals surface area contributed by atoms with Gasteiger partial charge in [0.2, 0.25) is 0 Å². The Kier molecular flexibility index (Phi) is 5.31. The first-order valence-corrected chi connectivity index (χ1v) is 9.59. The number of amides is 1. The fourth-order valence-electron chi connectivity index (χ4n) is 3.18. The summed E-state index contributed by atoms with van der Waals surface area (Å²) in [5.74, 6) is -1.02. The minimum absolute atomic E-state index is 0.0750. The Hall–Kier alpha value is -4.27. The summed E-state index contributed by atoms with van der Waals surface area (Å²) in [5.41, 5.74) is 2.00. The average molecular weight is 417 g/mol. The third-order valence-corrected chi connectivity index (χ3v) is 4.71. The number of carbonyl (C=O) groups is 2. The molecule has 0 aliphatic carbocycles. The van der Waals surface area contributed by atoms with Crippen LogP contribution in [0.5, 0.6) is 0 Å². The zero-order chi connectivity index (χ0) is 22.0. The molecule has 3 aromatic heterocycles. The van der Waals surface area contributed by atoms with Crippen molar-refractivity contribution in [1.29, 1.82) is 0 Å². The second-order valence-corrected chi connectivity index (χ2v) is 6.69. The number of hydrogen-bond acceptors (Lipinski definition) is 6. The molecule has 0 aliphatic heterocycles. The van der Waals surface area contributed by atoms with Gasteiger partial charge in [-0.2, -0.15) is 5.10 Å². The number of fused-ring (bicyclic) bond motifs is 1. The molecule has 1 aromatic carbocycles. The second-order valence-electron chi connectivity index (χ2n) is 6.69. The Morgan fingerprint density at radius 2 is 1.94 bits per heavy atom. The molecular weight excluding hydrogens is 398 g/mol. The summed E-state index contributed by atoms with van der Waals surface area (Å²) in [6.45, 7) is 3.77. The van der Waals surface area contributed by atoms with E-state index in [1.807, 2.05) is 0 Å². The minimum Gasteiger partial charge on any atom is -0.462 e. The molecule has 0 radical (unpaired) electrons. The number of ether oxygens (including phenoxy) is 1. The lowest BCUT2D eigenvalue weighted by molar-refractivity contribution is 0.0525. The van der Waals surface area contributed by atoms with E-state index in [0.29, 0.717) is 28.3 Å². The van der Waals surface area contributed by atoms with E-state index in [4.69, 9.17) is 4.74 Å². The van der Waals surface area contributed by atoms with Crippen molar-refractivity contribution in [2.75, 3.05) is 11.9 Å². The molecule has 1 amide bonds. The van der Waals surface area contributed by atoms with Crippen molar-refractivity contribution in [3.05, 3.63) is 88.2 Å². The van der Waals surface area contributed by atoms with Gasteiger partial charge in [-0.1, -0.05) is 12.1 Å². The van der Waals surface area contributed by atoms with E-state index in [1.54, 1.807) is 67.2 Å². The zero-order valence-electron chi connectivity index (χ0n) is 16.9. The standard InChI is InChI=1S/C22H19N5O4/c1-3-31-22(30)17-13-24-27(14(17)2)16-8-6-7-15(11-16)25-20(28)18-12-23-19-9-4-5-10-26(19)21(18)29/h4-13H,3H2,1-2H3,(H,25,28). The van der Waals surface area contributed by atoms with E-state index < -0.39 is 17.4 Å². The van der Waals surface area contributed by atoms with Gasteiger partial charge < -0.3 is 10.1 Å². The van der Waals surface area contributed by atoms with Gasteiger partial charge in [-0.25, -0.2) is 14.5 Å². The monoisotopic (exact) mass is 417 g/mol. The van der Waals surface area contributed by atoms with Crippen LogP contribution in [0.2, 0.25) is 0 Å². The van der Waals surface area contributed by atoms with Gasteiger partial charge in [-0.05, 0) is 44.2 Å². The van der Waals surface area contributed by atoms with Crippen LogP contribution in [0.1, 0.15) is 33.3 Å². The lowest BCUT2D eigenvalue weighted by Gasteiger charge is -2.09. The van der Waals surface area contributed by atoms with Crippen LogP contribution in [0.15, 0.2) is 65.8 Å². The third-order valence-electron chi connectivity index (χ3n) is 4.71. The van der Waals surface area contributed by atoms with Crippen LogP contribution in [-0.4, -0.2) is 37.6 Å². The van der Waals surface area contributed by atoms with E-state index >= 15 is 0 Å². The van der Waals surface area contributed by atoms with Crippen LogP contribution < -0.4 is 10.9 Å². The van der Waals surface area contributed by atoms with Gasteiger partial charge in [0, 0.05) is 18.1 Å². The molecule has 9 heteroatoms. The average Bonchev–Trinajstić information content (AvgIpc) is 3.16. The van der Waals surface area contributed by atoms with Gasteiger partial charge in [-0.15, -0.1) is 0 Å². The Balaban J connectivity index is 1.61.